The molecule has 0 aliphatic carbocycles. The Hall–Kier alpha value is -2.76. The van der Waals surface area contributed by atoms with Crippen LogP contribution < -0.4 is 14.4 Å². The quantitative estimate of drug-likeness (QED) is 0.502. The molecule has 9 nitrogen and oxygen atoms in total. The van der Waals surface area contributed by atoms with Crippen LogP contribution in [0.2, 0.25) is 0 Å². The molecule has 0 atom stereocenters. The van der Waals surface area contributed by atoms with E-state index in [-0.39, 0.29) is 11.8 Å². The summed E-state index contributed by atoms with van der Waals surface area (Å²) in [7, 11) is -0.0968. The molecule has 11 heteroatoms. The van der Waals surface area contributed by atoms with Gasteiger partial charge in [-0.2, -0.15) is 0 Å². The summed E-state index contributed by atoms with van der Waals surface area (Å²) in [6.07, 6.45) is 5.54. The van der Waals surface area contributed by atoms with Gasteiger partial charge < -0.3 is 9.47 Å². The van der Waals surface area contributed by atoms with E-state index in [0.29, 0.717) is 54.6 Å². The fourth-order valence-electron chi connectivity index (χ4n) is 3.96. The number of hydrogen-bond donors (Lipinski definition) is 0. The molecule has 0 spiro atoms. The molecule has 1 aliphatic rings. The summed E-state index contributed by atoms with van der Waals surface area (Å²) >= 11 is 1.36. The van der Waals surface area contributed by atoms with Gasteiger partial charge in [0.05, 0.1) is 27.0 Å². The van der Waals surface area contributed by atoms with E-state index in [9.17, 15) is 13.2 Å². The molecule has 33 heavy (non-hydrogen) atoms. The van der Waals surface area contributed by atoms with Crippen LogP contribution in [0.3, 0.4) is 0 Å². The van der Waals surface area contributed by atoms with E-state index in [0.717, 1.165) is 10.3 Å². The molecule has 1 amide bonds. The second-order valence-electron chi connectivity index (χ2n) is 7.87. The number of rotatable bonds is 7. The van der Waals surface area contributed by atoms with Gasteiger partial charge in [0.25, 0.3) is 0 Å². The van der Waals surface area contributed by atoms with E-state index in [2.05, 4.69) is 4.98 Å². The molecule has 2 aromatic heterocycles. The lowest BCUT2D eigenvalue weighted by Gasteiger charge is -2.32. The second kappa shape index (κ2) is 9.62. The van der Waals surface area contributed by atoms with Crippen LogP contribution in [0, 0.1) is 5.92 Å². The van der Waals surface area contributed by atoms with Gasteiger partial charge in [-0.3, -0.25) is 14.7 Å². The molecule has 0 saturated carbocycles. The molecule has 176 valence electrons. The van der Waals surface area contributed by atoms with Crippen LogP contribution in [0.15, 0.2) is 36.7 Å². The number of thiazole rings is 1. The van der Waals surface area contributed by atoms with Gasteiger partial charge in [0.15, 0.2) is 5.13 Å². The van der Waals surface area contributed by atoms with Gasteiger partial charge in [0, 0.05) is 31.4 Å². The van der Waals surface area contributed by atoms with E-state index >= 15 is 0 Å². The molecule has 3 aromatic rings. The summed E-state index contributed by atoms with van der Waals surface area (Å²) in [5.74, 6) is 0.882. The SMILES string of the molecule is COc1ccc(OC)c2sc(N(Cc3cccnc3)C(=O)C3CCN(S(C)(=O)=O)CC3)nc12. The predicted octanol–water partition coefficient (Wildman–Crippen LogP) is 2.91. The molecule has 0 N–H and O–H groups in total. The first-order valence-electron chi connectivity index (χ1n) is 10.5. The summed E-state index contributed by atoms with van der Waals surface area (Å²) in [6.45, 7) is 0.971. The second-order valence-corrected chi connectivity index (χ2v) is 10.8. The molecule has 1 aliphatic heterocycles. The molecule has 0 unspecified atom stereocenters. The van der Waals surface area contributed by atoms with Crippen molar-refractivity contribution in [3.8, 4) is 11.5 Å². The smallest absolute Gasteiger partial charge is 0.232 e. The van der Waals surface area contributed by atoms with Gasteiger partial charge in [-0.1, -0.05) is 17.4 Å². The number of hydrogen-bond acceptors (Lipinski definition) is 8. The average Bonchev–Trinajstić information content (AvgIpc) is 3.27. The van der Waals surface area contributed by atoms with Gasteiger partial charge in [0.2, 0.25) is 15.9 Å². The zero-order valence-electron chi connectivity index (χ0n) is 18.7. The largest absolute Gasteiger partial charge is 0.495 e. The number of carbonyl (C=O) groups is 1. The predicted molar refractivity (Wildman–Crippen MR) is 127 cm³/mol. The Balaban J connectivity index is 1.69. The van der Waals surface area contributed by atoms with Crippen LogP contribution in [-0.4, -0.2) is 62.2 Å². The monoisotopic (exact) mass is 490 g/mol. The average molecular weight is 491 g/mol. The molecule has 3 heterocycles. The Morgan fingerprint density at radius 3 is 2.48 bits per heavy atom. The van der Waals surface area contributed by atoms with E-state index in [1.54, 1.807) is 37.6 Å². The molecule has 0 radical (unpaired) electrons. The van der Waals surface area contributed by atoms with Crippen molar-refractivity contribution in [1.29, 1.82) is 0 Å². The van der Waals surface area contributed by atoms with Crippen molar-refractivity contribution in [2.75, 3.05) is 38.5 Å². The number of nitrogens with zero attached hydrogens (tertiary/aromatic N) is 4. The number of benzene rings is 1. The van der Waals surface area contributed by atoms with E-state index in [1.165, 1.54) is 21.9 Å². The lowest BCUT2D eigenvalue weighted by atomic mass is 9.96. The number of aromatic nitrogens is 2. The molecular weight excluding hydrogens is 464 g/mol. The Morgan fingerprint density at radius 2 is 1.88 bits per heavy atom. The minimum absolute atomic E-state index is 0.0796. The highest BCUT2D eigenvalue weighted by molar-refractivity contribution is 7.88. The highest BCUT2D eigenvalue weighted by atomic mass is 32.2. The number of anilines is 1. The summed E-state index contributed by atoms with van der Waals surface area (Å²) in [6, 6.07) is 7.34. The van der Waals surface area contributed by atoms with Crippen molar-refractivity contribution in [2.24, 2.45) is 5.92 Å². The van der Waals surface area contributed by atoms with Crippen molar-refractivity contribution in [1.82, 2.24) is 14.3 Å². The Kier molecular flexibility index (Phi) is 6.82. The summed E-state index contributed by atoms with van der Waals surface area (Å²) < 4.78 is 36.9. The third kappa shape index (κ3) is 4.94. The Morgan fingerprint density at radius 1 is 1.18 bits per heavy atom. The van der Waals surface area contributed by atoms with E-state index < -0.39 is 10.0 Å². The zero-order chi connectivity index (χ0) is 23.6. The third-order valence-corrected chi connectivity index (χ3v) is 8.13. The number of carbonyl (C=O) groups excluding carboxylic acids is 1. The number of piperidine rings is 1. The van der Waals surface area contributed by atoms with E-state index in [1.807, 2.05) is 18.2 Å². The van der Waals surface area contributed by atoms with Crippen LogP contribution in [0.25, 0.3) is 10.2 Å². The third-order valence-electron chi connectivity index (χ3n) is 5.73. The number of methoxy groups -OCH3 is 2. The molecule has 1 saturated heterocycles. The minimum atomic E-state index is -3.27. The topological polar surface area (TPSA) is 102 Å². The molecule has 0 bridgehead atoms. The first-order valence-corrected chi connectivity index (χ1v) is 13.1. The van der Waals surface area contributed by atoms with Crippen molar-refractivity contribution >= 4 is 42.6 Å². The number of sulfonamides is 1. The Labute approximate surface area is 197 Å². The van der Waals surface area contributed by atoms with Gasteiger partial charge in [-0.15, -0.1) is 0 Å². The number of pyridine rings is 1. The number of amides is 1. The summed E-state index contributed by atoms with van der Waals surface area (Å²) in [5, 5.41) is 0.534. The normalized spacial score (nSPS) is 15.5. The maximum Gasteiger partial charge on any atom is 0.232 e. The molecule has 1 aromatic carbocycles. The number of fused-ring (bicyclic) bond motifs is 1. The van der Waals surface area contributed by atoms with Crippen molar-refractivity contribution in [3.63, 3.8) is 0 Å². The molecule has 4 rings (SSSR count). The number of ether oxygens (including phenoxy) is 2. The maximum absolute atomic E-state index is 13.7. The van der Waals surface area contributed by atoms with E-state index in [4.69, 9.17) is 14.5 Å². The van der Waals surface area contributed by atoms with Gasteiger partial charge >= 0.3 is 0 Å². The lowest BCUT2D eigenvalue weighted by molar-refractivity contribution is -0.123. The van der Waals surface area contributed by atoms with Crippen LogP contribution in [-0.2, 0) is 21.4 Å². The fourth-order valence-corrected chi connectivity index (χ4v) is 5.91. The van der Waals surface area contributed by atoms with Crippen LogP contribution in [0.4, 0.5) is 5.13 Å². The minimum Gasteiger partial charge on any atom is -0.495 e. The standard InChI is InChI=1S/C22H26N4O5S2/c1-30-17-6-7-18(31-2)20-19(17)24-22(32-20)26(14-15-5-4-10-23-13-15)21(27)16-8-11-25(12-9-16)33(3,28)29/h4-7,10,13,16H,8-9,11-12,14H2,1-3H3. The van der Waals surface area contributed by atoms with Crippen molar-refractivity contribution in [3.05, 3.63) is 42.2 Å². The van der Waals surface area contributed by atoms with Crippen molar-refractivity contribution in [2.45, 2.75) is 19.4 Å². The molecule has 1 fully saturated rings. The van der Waals surface area contributed by atoms with Crippen LogP contribution in [0.1, 0.15) is 18.4 Å². The maximum atomic E-state index is 13.7. The van der Waals surface area contributed by atoms with Crippen molar-refractivity contribution < 1.29 is 22.7 Å². The summed E-state index contributed by atoms with van der Waals surface area (Å²) in [5.41, 5.74) is 1.50. The Bertz CT molecular complexity index is 1200. The first kappa shape index (κ1) is 23.4. The van der Waals surface area contributed by atoms with Crippen LogP contribution >= 0.6 is 11.3 Å². The van der Waals surface area contributed by atoms with Crippen LogP contribution in [0.5, 0.6) is 11.5 Å². The van der Waals surface area contributed by atoms with Gasteiger partial charge in [-0.05, 0) is 36.6 Å². The fraction of sp³-hybridized carbons (Fsp3) is 0.409. The lowest BCUT2D eigenvalue weighted by Crippen LogP contribution is -2.44. The highest BCUT2D eigenvalue weighted by Gasteiger charge is 2.33. The zero-order valence-corrected chi connectivity index (χ0v) is 20.4. The highest BCUT2D eigenvalue weighted by Crippen LogP contribution is 2.41. The molecular formula is C22H26N4O5S2. The first-order chi connectivity index (χ1) is 15.8. The van der Waals surface area contributed by atoms with Gasteiger partial charge in [0.1, 0.15) is 21.7 Å². The summed E-state index contributed by atoms with van der Waals surface area (Å²) in [4.78, 5) is 24.3. The van der Waals surface area contributed by atoms with Gasteiger partial charge in [-0.25, -0.2) is 17.7 Å².